The highest BCUT2D eigenvalue weighted by Crippen LogP contribution is 2.44. The Morgan fingerprint density at radius 3 is 2.42 bits per heavy atom. The van der Waals surface area contributed by atoms with Crippen LogP contribution >= 0.6 is 11.6 Å². The fourth-order valence-corrected chi connectivity index (χ4v) is 5.31. The van der Waals surface area contributed by atoms with Crippen LogP contribution in [0.5, 0.6) is 17.2 Å². The Hall–Kier alpha value is -5.19. The minimum Gasteiger partial charge on any atom is -0.489 e. The lowest BCUT2D eigenvalue weighted by Crippen LogP contribution is -2.21. The van der Waals surface area contributed by atoms with Crippen LogP contribution < -0.4 is 19.9 Å². The van der Waals surface area contributed by atoms with Gasteiger partial charge >= 0.3 is 5.97 Å². The van der Waals surface area contributed by atoms with Crippen LogP contribution in [0.2, 0.25) is 5.02 Å². The van der Waals surface area contributed by atoms with E-state index in [2.05, 4.69) is 13.0 Å². The lowest BCUT2D eigenvalue weighted by Gasteiger charge is -2.26. The van der Waals surface area contributed by atoms with Crippen molar-refractivity contribution >= 4 is 28.5 Å². The molecule has 5 aromatic rings. The fourth-order valence-electron chi connectivity index (χ4n) is 5.18. The van der Waals surface area contributed by atoms with Gasteiger partial charge in [-0.3, -0.25) is 0 Å². The zero-order valence-electron chi connectivity index (χ0n) is 23.5. The molecule has 1 aliphatic rings. The Morgan fingerprint density at radius 1 is 0.977 bits per heavy atom. The number of aryl methyl sites for hydroxylation is 2. The Bertz CT molecular complexity index is 1920. The lowest BCUT2D eigenvalue weighted by atomic mass is 9.83. The number of carbonyl (C=O) groups excluding carboxylic acids is 1. The van der Waals surface area contributed by atoms with Gasteiger partial charge in [0.2, 0.25) is 11.6 Å². The largest absolute Gasteiger partial charge is 0.489 e. The van der Waals surface area contributed by atoms with Crippen LogP contribution in [0.25, 0.3) is 11.0 Å². The Kier molecular flexibility index (Phi) is 7.54. The van der Waals surface area contributed by atoms with Crippen LogP contribution in [-0.2, 0) is 13.0 Å². The smallest absolute Gasteiger partial charge is 0.379 e. The molecule has 0 radical (unpaired) electrons. The second-order valence-corrected chi connectivity index (χ2v) is 10.7. The van der Waals surface area contributed by atoms with E-state index in [0.29, 0.717) is 34.3 Å². The molecule has 0 spiro atoms. The summed E-state index contributed by atoms with van der Waals surface area (Å²) in [5.41, 5.74) is 11.5. The molecular formula is C35H27ClN2O5. The average molecular weight is 591 g/mol. The fraction of sp³-hybridized carbons (Fsp3) is 0.143. The third-order valence-corrected chi connectivity index (χ3v) is 7.78. The van der Waals surface area contributed by atoms with Crippen LogP contribution in [0, 0.1) is 18.3 Å². The molecular weight excluding hydrogens is 564 g/mol. The predicted molar refractivity (Wildman–Crippen MR) is 163 cm³/mol. The van der Waals surface area contributed by atoms with E-state index in [4.69, 9.17) is 36.0 Å². The van der Waals surface area contributed by atoms with Crippen LogP contribution in [0.4, 0.5) is 0 Å². The van der Waals surface area contributed by atoms with Crippen LogP contribution in [0.15, 0.2) is 101 Å². The SMILES string of the molecule is CCc1ccc2oc(C(=O)Oc3ccc4c(c3)OC(N)=C(C#N)C4c3ccc(OCc4ccc(Cl)cc4)cc3)c(C)c2c1. The minimum absolute atomic E-state index is 0.00796. The number of carbonyl (C=O) groups is 1. The summed E-state index contributed by atoms with van der Waals surface area (Å²) in [7, 11) is 0. The van der Waals surface area contributed by atoms with Crippen molar-refractivity contribution in [2.24, 2.45) is 5.73 Å². The van der Waals surface area contributed by atoms with Crippen molar-refractivity contribution in [1.29, 1.82) is 5.26 Å². The van der Waals surface area contributed by atoms with E-state index in [-0.39, 0.29) is 23.0 Å². The van der Waals surface area contributed by atoms with Gasteiger partial charge < -0.3 is 24.4 Å². The van der Waals surface area contributed by atoms with E-state index in [1.54, 1.807) is 18.2 Å². The van der Waals surface area contributed by atoms with Gasteiger partial charge in [-0.25, -0.2) is 4.79 Å². The Balaban J connectivity index is 1.23. The molecule has 1 aliphatic heterocycles. The monoisotopic (exact) mass is 590 g/mol. The van der Waals surface area contributed by atoms with Crippen molar-refractivity contribution in [2.75, 3.05) is 0 Å². The molecule has 43 heavy (non-hydrogen) atoms. The third-order valence-electron chi connectivity index (χ3n) is 7.53. The number of furan rings is 1. The number of hydrogen-bond donors (Lipinski definition) is 1. The standard InChI is InChI=1S/C35H27ClN2O5/c1-3-21-6-15-30-28(16-21)20(2)33(42-30)35(39)41-26-13-14-27-31(17-26)43-34(38)29(18-37)32(27)23-7-11-25(12-8-23)40-19-22-4-9-24(36)10-5-22/h4-17,32H,3,19,38H2,1-2H3. The van der Waals surface area contributed by atoms with E-state index in [9.17, 15) is 10.1 Å². The first-order valence-electron chi connectivity index (χ1n) is 13.8. The molecule has 0 saturated heterocycles. The van der Waals surface area contributed by atoms with E-state index < -0.39 is 11.9 Å². The molecule has 0 bridgehead atoms. The molecule has 2 heterocycles. The molecule has 6 rings (SSSR count). The molecule has 1 atom stereocenters. The maximum absolute atomic E-state index is 13.1. The van der Waals surface area contributed by atoms with Crippen LogP contribution in [0.1, 0.15) is 51.2 Å². The van der Waals surface area contributed by atoms with E-state index in [1.165, 1.54) is 0 Å². The summed E-state index contributed by atoms with van der Waals surface area (Å²) in [6, 6.07) is 28.0. The molecule has 4 aromatic carbocycles. The quantitative estimate of drug-likeness (QED) is 0.151. The predicted octanol–water partition coefficient (Wildman–Crippen LogP) is 7.97. The molecule has 0 fully saturated rings. The van der Waals surface area contributed by atoms with Crippen molar-refractivity contribution < 1.29 is 23.4 Å². The molecule has 7 nitrogen and oxygen atoms in total. The Labute approximate surface area is 253 Å². The maximum atomic E-state index is 13.1. The molecule has 0 saturated carbocycles. The van der Waals surface area contributed by atoms with Gasteiger partial charge in [-0.05, 0) is 72.5 Å². The van der Waals surface area contributed by atoms with Gasteiger partial charge in [-0.1, -0.05) is 54.9 Å². The minimum atomic E-state index is -0.616. The molecule has 214 valence electrons. The van der Waals surface area contributed by atoms with Crippen molar-refractivity contribution in [3.63, 3.8) is 0 Å². The van der Waals surface area contributed by atoms with E-state index in [0.717, 1.165) is 34.1 Å². The number of nitriles is 1. The van der Waals surface area contributed by atoms with Gasteiger partial charge in [0.25, 0.3) is 0 Å². The average Bonchev–Trinajstić information content (AvgIpc) is 3.35. The number of halogens is 1. The van der Waals surface area contributed by atoms with E-state index >= 15 is 0 Å². The highest BCUT2D eigenvalue weighted by atomic mass is 35.5. The van der Waals surface area contributed by atoms with Crippen LogP contribution in [-0.4, -0.2) is 5.97 Å². The first-order chi connectivity index (χ1) is 20.8. The molecule has 0 aliphatic carbocycles. The Morgan fingerprint density at radius 2 is 1.70 bits per heavy atom. The van der Waals surface area contributed by atoms with Gasteiger partial charge in [0, 0.05) is 27.6 Å². The highest BCUT2D eigenvalue weighted by molar-refractivity contribution is 6.30. The summed E-state index contributed by atoms with van der Waals surface area (Å²) in [5.74, 6) is 0.370. The van der Waals surface area contributed by atoms with Gasteiger partial charge in [-0.15, -0.1) is 0 Å². The van der Waals surface area contributed by atoms with Crippen molar-refractivity contribution in [3.05, 3.63) is 135 Å². The lowest BCUT2D eigenvalue weighted by molar-refractivity contribution is 0.0702. The van der Waals surface area contributed by atoms with E-state index in [1.807, 2.05) is 73.7 Å². The molecule has 0 amide bonds. The second-order valence-electron chi connectivity index (χ2n) is 10.2. The number of hydrogen-bond acceptors (Lipinski definition) is 7. The van der Waals surface area contributed by atoms with Crippen LogP contribution in [0.3, 0.4) is 0 Å². The molecule has 1 aromatic heterocycles. The molecule has 8 heteroatoms. The summed E-state index contributed by atoms with van der Waals surface area (Å²) in [6.45, 7) is 4.30. The number of rotatable bonds is 7. The normalized spacial score (nSPS) is 14.1. The number of fused-ring (bicyclic) bond motifs is 2. The summed E-state index contributed by atoms with van der Waals surface area (Å²) >= 11 is 5.96. The van der Waals surface area contributed by atoms with Gasteiger partial charge in [0.1, 0.15) is 41.1 Å². The zero-order chi connectivity index (χ0) is 30.1. The number of allylic oxidation sites excluding steroid dienone is 1. The summed E-state index contributed by atoms with van der Waals surface area (Å²) in [6.07, 6.45) is 0.879. The number of ether oxygens (including phenoxy) is 3. The third kappa shape index (κ3) is 5.53. The number of benzene rings is 4. The molecule has 2 N–H and O–H groups in total. The van der Waals surface area contributed by atoms with Crippen molar-refractivity contribution in [2.45, 2.75) is 32.8 Å². The van der Waals surface area contributed by atoms with Crippen molar-refractivity contribution in [1.82, 2.24) is 0 Å². The number of nitrogens with zero attached hydrogens (tertiary/aromatic N) is 1. The highest BCUT2D eigenvalue weighted by Gasteiger charge is 2.31. The zero-order valence-corrected chi connectivity index (χ0v) is 24.3. The second kappa shape index (κ2) is 11.6. The first kappa shape index (κ1) is 28.0. The maximum Gasteiger partial charge on any atom is 0.379 e. The van der Waals surface area contributed by atoms with Gasteiger partial charge in [-0.2, -0.15) is 5.26 Å². The van der Waals surface area contributed by atoms with Gasteiger partial charge in [0.05, 0.1) is 5.92 Å². The molecule has 1 unspecified atom stereocenters. The van der Waals surface area contributed by atoms with Gasteiger partial charge in [0.15, 0.2) is 0 Å². The topological polar surface area (TPSA) is 108 Å². The van der Waals surface area contributed by atoms with Crippen molar-refractivity contribution in [3.8, 4) is 23.3 Å². The number of nitrogens with two attached hydrogens (primary N) is 1. The number of esters is 1. The summed E-state index contributed by atoms with van der Waals surface area (Å²) in [5, 5.41) is 11.5. The summed E-state index contributed by atoms with van der Waals surface area (Å²) < 4.78 is 23.3. The first-order valence-corrected chi connectivity index (χ1v) is 14.1. The summed E-state index contributed by atoms with van der Waals surface area (Å²) in [4.78, 5) is 13.1.